The largest absolute Gasteiger partial charge is 0.345 e. The highest BCUT2D eigenvalue weighted by molar-refractivity contribution is 5.96. The van der Waals surface area contributed by atoms with Crippen LogP contribution in [0, 0.1) is 0 Å². The van der Waals surface area contributed by atoms with E-state index < -0.39 is 0 Å². The molecule has 0 bridgehead atoms. The first kappa shape index (κ1) is 20.3. The number of carbonyl (C=O) groups is 2. The highest BCUT2D eigenvalue weighted by Gasteiger charge is 2.33. The van der Waals surface area contributed by atoms with Gasteiger partial charge in [-0.1, -0.05) is 12.8 Å². The van der Waals surface area contributed by atoms with E-state index in [1.807, 2.05) is 13.8 Å². The normalized spacial score (nSPS) is 15.5. The summed E-state index contributed by atoms with van der Waals surface area (Å²) in [4.78, 5) is 24.0. The molecule has 0 aromatic heterocycles. The maximum absolute atomic E-state index is 12.4. The van der Waals surface area contributed by atoms with Crippen LogP contribution in [0.5, 0.6) is 0 Å². The zero-order valence-electron chi connectivity index (χ0n) is 14.2. The number of nitrogens with two attached hydrogens (primary N) is 1. The van der Waals surface area contributed by atoms with Crippen molar-refractivity contribution in [2.45, 2.75) is 51.1 Å². The van der Waals surface area contributed by atoms with Crippen molar-refractivity contribution in [3.8, 4) is 0 Å². The Morgan fingerprint density at radius 3 is 2.25 bits per heavy atom. The summed E-state index contributed by atoms with van der Waals surface area (Å²) in [5.41, 5.74) is 6.80. The first-order valence-electron chi connectivity index (χ1n) is 8.14. The number of hydrogen-bond acceptors (Lipinski definition) is 3. The van der Waals surface area contributed by atoms with Crippen LogP contribution in [0.3, 0.4) is 0 Å². The van der Waals surface area contributed by atoms with Gasteiger partial charge in [0.05, 0.1) is 5.54 Å². The Labute approximate surface area is 149 Å². The molecule has 1 aromatic rings. The van der Waals surface area contributed by atoms with Crippen LogP contribution in [0.25, 0.3) is 0 Å². The molecule has 24 heavy (non-hydrogen) atoms. The van der Waals surface area contributed by atoms with Gasteiger partial charge in [0.2, 0.25) is 0 Å². The van der Waals surface area contributed by atoms with E-state index in [9.17, 15) is 9.59 Å². The van der Waals surface area contributed by atoms with Gasteiger partial charge in [-0.15, -0.1) is 12.4 Å². The van der Waals surface area contributed by atoms with Crippen LogP contribution in [-0.4, -0.2) is 30.1 Å². The van der Waals surface area contributed by atoms with Gasteiger partial charge in [-0.05, 0) is 51.0 Å². The summed E-state index contributed by atoms with van der Waals surface area (Å²) >= 11 is 0. The van der Waals surface area contributed by atoms with E-state index in [1.165, 1.54) is 0 Å². The van der Waals surface area contributed by atoms with Crippen molar-refractivity contribution in [2.24, 2.45) is 5.73 Å². The highest BCUT2D eigenvalue weighted by atomic mass is 35.5. The third kappa shape index (κ3) is 5.39. The SMILES string of the molecule is CC(C)NC(=O)Nc1ccc(C(=O)NC2(CN)CCCC2)cc1.Cl. The summed E-state index contributed by atoms with van der Waals surface area (Å²) in [7, 11) is 0. The van der Waals surface area contributed by atoms with Crippen molar-refractivity contribution in [3.63, 3.8) is 0 Å². The van der Waals surface area contributed by atoms with Crippen molar-refractivity contribution in [3.05, 3.63) is 29.8 Å². The van der Waals surface area contributed by atoms with Gasteiger partial charge in [-0.2, -0.15) is 0 Å². The summed E-state index contributed by atoms with van der Waals surface area (Å²) in [5, 5.41) is 8.56. The number of urea groups is 1. The van der Waals surface area contributed by atoms with E-state index in [2.05, 4.69) is 16.0 Å². The van der Waals surface area contributed by atoms with Gasteiger partial charge in [-0.3, -0.25) is 4.79 Å². The number of anilines is 1. The van der Waals surface area contributed by atoms with Gasteiger partial charge in [0.15, 0.2) is 0 Å². The van der Waals surface area contributed by atoms with Crippen LogP contribution in [0.4, 0.5) is 10.5 Å². The Bertz CT molecular complexity index is 554. The van der Waals surface area contributed by atoms with E-state index in [4.69, 9.17) is 5.73 Å². The Kier molecular flexibility index (Phi) is 7.51. The molecule has 1 fully saturated rings. The fourth-order valence-electron chi connectivity index (χ4n) is 2.88. The average molecular weight is 355 g/mol. The molecule has 1 aliphatic rings. The lowest BCUT2D eigenvalue weighted by atomic mass is 9.97. The van der Waals surface area contributed by atoms with E-state index in [0.717, 1.165) is 25.7 Å². The maximum atomic E-state index is 12.4. The van der Waals surface area contributed by atoms with Crippen LogP contribution >= 0.6 is 12.4 Å². The van der Waals surface area contributed by atoms with Gasteiger partial charge >= 0.3 is 6.03 Å². The quantitative estimate of drug-likeness (QED) is 0.654. The average Bonchev–Trinajstić information content (AvgIpc) is 2.96. The Morgan fingerprint density at radius 1 is 1.17 bits per heavy atom. The zero-order valence-corrected chi connectivity index (χ0v) is 15.0. The van der Waals surface area contributed by atoms with Crippen LogP contribution in [-0.2, 0) is 0 Å². The second-order valence-corrected chi connectivity index (χ2v) is 6.48. The number of nitrogens with one attached hydrogen (secondary N) is 3. The predicted octanol–water partition coefficient (Wildman–Crippen LogP) is 2.64. The Hall–Kier alpha value is -1.79. The molecule has 1 aromatic carbocycles. The first-order valence-corrected chi connectivity index (χ1v) is 8.14. The minimum atomic E-state index is -0.259. The Morgan fingerprint density at radius 2 is 1.75 bits per heavy atom. The van der Waals surface area contributed by atoms with Crippen molar-refractivity contribution in [1.29, 1.82) is 0 Å². The minimum Gasteiger partial charge on any atom is -0.345 e. The number of hydrogen-bond donors (Lipinski definition) is 4. The zero-order chi connectivity index (χ0) is 16.9. The van der Waals surface area contributed by atoms with Gasteiger partial charge < -0.3 is 21.7 Å². The predicted molar refractivity (Wildman–Crippen MR) is 98.7 cm³/mol. The van der Waals surface area contributed by atoms with Crippen LogP contribution < -0.4 is 21.7 Å². The fraction of sp³-hybridized carbons (Fsp3) is 0.529. The standard InChI is InChI=1S/C17H26N4O2.ClH/c1-12(2)19-16(23)20-14-7-5-13(6-8-14)15(22)21-17(11-18)9-3-4-10-17;/h5-8,12H,3-4,9-11,18H2,1-2H3,(H,21,22)(H2,19,20,23);1H. The second kappa shape index (κ2) is 8.89. The molecular weight excluding hydrogens is 328 g/mol. The maximum Gasteiger partial charge on any atom is 0.319 e. The first-order chi connectivity index (χ1) is 10.9. The van der Waals surface area contributed by atoms with Crippen LogP contribution in [0.2, 0.25) is 0 Å². The lowest BCUT2D eigenvalue weighted by Gasteiger charge is -2.28. The van der Waals surface area contributed by atoms with Gasteiger partial charge in [0, 0.05) is 23.8 Å². The van der Waals surface area contributed by atoms with Gasteiger partial charge in [0.1, 0.15) is 0 Å². The summed E-state index contributed by atoms with van der Waals surface area (Å²) in [6.07, 6.45) is 4.07. The molecule has 0 unspecified atom stereocenters. The topological polar surface area (TPSA) is 96.2 Å². The molecule has 0 heterocycles. The van der Waals surface area contributed by atoms with Crippen LogP contribution in [0.1, 0.15) is 49.9 Å². The number of carbonyl (C=O) groups excluding carboxylic acids is 2. The van der Waals surface area contributed by atoms with E-state index in [-0.39, 0.29) is 35.9 Å². The molecule has 5 N–H and O–H groups in total. The lowest BCUT2D eigenvalue weighted by molar-refractivity contribution is 0.0903. The molecule has 0 aliphatic heterocycles. The summed E-state index contributed by atoms with van der Waals surface area (Å²) < 4.78 is 0. The molecule has 6 nitrogen and oxygen atoms in total. The fourth-order valence-corrected chi connectivity index (χ4v) is 2.88. The summed E-state index contributed by atoms with van der Waals surface area (Å²) in [6, 6.07) is 6.67. The van der Waals surface area contributed by atoms with Gasteiger partial charge in [0.25, 0.3) is 5.91 Å². The van der Waals surface area contributed by atoms with E-state index in [1.54, 1.807) is 24.3 Å². The van der Waals surface area contributed by atoms with Gasteiger partial charge in [-0.25, -0.2) is 4.79 Å². The van der Waals surface area contributed by atoms with E-state index >= 15 is 0 Å². The molecule has 0 saturated heterocycles. The summed E-state index contributed by atoms with van der Waals surface area (Å²) in [6.45, 7) is 4.25. The number of halogens is 1. The second-order valence-electron chi connectivity index (χ2n) is 6.48. The van der Waals surface area contributed by atoms with Crippen molar-refractivity contribution < 1.29 is 9.59 Å². The molecule has 134 valence electrons. The molecule has 0 atom stereocenters. The van der Waals surface area contributed by atoms with Crippen molar-refractivity contribution >= 4 is 30.0 Å². The van der Waals surface area contributed by atoms with Crippen molar-refractivity contribution in [2.75, 3.05) is 11.9 Å². The third-order valence-corrected chi connectivity index (χ3v) is 4.15. The smallest absolute Gasteiger partial charge is 0.319 e. The molecular formula is C17H27ClN4O2. The third-order valence-electron chi connectivity index (χ3n) is 4.15. The molecule has 0 spiro atoms. The highest BCUT2D eigenvalue weighted by Crippen LogP contribution is 2.29. The van der Waals surface area contributed by atoms with Crippen molar-refractivity contribution in [1.82, 2.24) is 10.6 Å². The molecule has 1 saturated carbocycles. The molecule has 3 amide bonds. The van der Waals surface area contributed by atoms with E-state index in [0.29, 0.717) is 17.8 Å². The monoisotopic (exact) mass is 354 g/mol. The lowest BCUT2D eigenvalue weighted by Crippen LogP contribution is -2.51. The number of benzene rings is 1. The summed E-state index contributed by atoms with van der Waals surface area (Å²) in [5.74, 6) is -0.115. The Balaban J connectivity index is 0.00000288. The van der Waals surface area contributed by atoms with Crippen LogP contribution in [0.15, 0.2) is 24.3 Å². The molecule has 2 rings (SSSR count). The molecule has 7 heteroatoms. The molecule has 1 aliphatic carbocycles. The number of amides is 3. The number of rotatable bonds is 5. The minimum absolute atomic E-state index is 0. The molecule has 0 radical (unpaired) electrons.